The normalized spacial score (nSPS) is 11.9. The van der Waals surface area contributed by atoms with Crippen LogP contribution in [0.15, 0.2) is 18.2 Å². The van der Waals surface area contributed by atoms with Crippen molar-refractivity contribution < 1.29 is 26.7 Å². The fourth-order valence-electron chi connectivity index (χ4n) is 1.08. The second-order valence-corrected chi connectivity index (χ2v) is 3.16. The summed E-state index contributed by atoms with van der Waals surface area (Å²) in [5.74, 6) is -0.865. The van der Waals surface area contributed by atoms with E-state index in [1.165, 1.54) is 0 Å². The van der Waals surface area contributed by atoms with Gasteiger partial charge in [-0.3, -0.25) is 0 Å². The van der Waals surface area contributed by atoms with Gasteiger partial charge in [0.2, 0.25) is 0 Å². The smallest absolute Gasteiger partial charge is 0.406 e. The molecule has 1 nitrogen and oxygen atoms in total. The molecule has 0 amide bonds. The molecule has 0 radical (unpaired) electrons. The van der Waals surface area contributed by atoms with Gasteiger partial charge in [-0.2, -0.15) is 0 Å². The van der Waals surface area contributed by atoms with Crippen LogP contribution in [0, 0.1) is 0 Å². The molecule has 0 aromatic heterocycles. The van der Waals surface area contributed by atoms with E-state index in [1.54, 1.807) is 0 Å². The predicted octanol–water partition coefficient (Wildman–Crippen LogP) is 4.26. The molecule has 0 N–H and O–H groups in total. The lowest BCUT2D eigenvalue weighted by Gasteiger charge is -2.11. The Bertz CT molecular complexity index is 363. The summed E-state index contributed by atoms with van der Waals surface area (Å²) >= 11 is 5.37. The molecule has 90 valence electrons. The Morgan fingerprint density at radius 1 is 1.19 bits per heavy atom. The molecule has 0 saturated heterocycles. The maximum atomic E-state index is 12.3. The van der Waals surface area contributed by atoms with Crippen LogP contribution in [0.5, 0.6) is 5.75 Å². The average molecular weight is 261 g/mol. The first kappa shape index (κ1) is 13.0. The number of hydrogen-bond acceptors (Lipinski definition) is 1. The molecule has 1 aromatic carbocycles. The summed E-state index contributed by atoms with van der Waals surface area (Å²) in [6.07, 6.45) is -7.79. The number of halogens is 6. The van der Waals surface area contributed by atoms with Gasteiger partial charge in [0.15, 0.2) is 0 Å². The minimum atomic E-state index is -4.91. The Labute approximate surface area is 92.8 Å². The zero-order valence-electron chi connectivity index (χ0n) is 7.69. The lowest BCUT2D eigenvalue weighted by Crippen LogP contribution is -2.17. The van der Waals surface area contributed by atoms with Gasteiger partial charge >= 0.3 is 6.36 Å². The van der Waals surface area contributed by atoms with Gasteiger partial charge in [0.25, 0.3) is 6.43 Å². The molecule has 0 saturated carbocycles. The molecule has 0 aliphatic heterocycles. The van der Waals surface area contributed by atoms with E-state index in [-0.39, 0.29) is 11.4 Å². The third-order valence-corrected chi connectivity index (χ3v) is 1.94. The molecule has 7 heteroatoms. The molecular weight excluding hydrogens is 255 g/mol. The van der Waals surface area contributed by atoms with Crippen molar-refractivity contribution >= 4 is 11.6 Å². The molecule has 1 aromatic rings. The quantitative estimate of drug-likeness (QED) is 0.583. The highest BCUT2D eigenvalue weighted by molar-refractivity contribution is 6.17. The summed E-state index contributed by atoms with van der Waals surface area (Å²) in [6.45, 7) is 0. The van der Waals surface area contributed by atoms with Gasteiger partial charge in [0, 0.05) is 11.4 Å². The highest BCUT2D eigenvalue weighted by atomic mass is 35.5. The Morgan fingerprint density at radius 3 is 2.25 bits per heavy atom. The Kier molecular flexibility index (Phi) is 3.96. The molecule has 1 rings (SSSR count). The van der Waals surface area contributed by atoms with Gasteiger partial charge in [-0.15, -0.1) is 24.8 Å². The van der Waals surface area contributed by atoms with E-state index >= 15 is 0 Å². The molecule has 0 aliphatic rings. The van der Waals surface area contributed by atoms with Crippen LogP contribution in [0.25, 0.3) is 0 Å². The molecule has 0 spiro atoms. The van der Waals surface area contributed by atoms with Crippen LogP contribution < -0.4 is 4.74 Å². The van der Waals surface area contributed by atoms with Gasteiger partial charge < -0.3 is 4.74 Å². The number of hydrogen-bond donors (Lipinski definition) is 0. The number of benzene rings is 1. The third-order valence-electron chi connectivity index (χ3n) is 1.63. The predicted molar refractivity (Wildman–Crippen MR) is 47.6 cm³/mol. The summed E-state index contributed by atoms with van der Waals surface area (Å²) in [5, 5.41) is 0. The van der Waals surface area contributed by atoms with Gasteiger partial charge in [0.05, 0.1) is 0 Å². The summed E-state index contributed by atoms with van der Waals surface area (Å²) in [4.78, 5) is 0. The molecule has 0 fully saturated rings. The van der Waals surface area contributed by atoms with Crippen molar-refractivity contribution in [3.05, 3.63) is 29.3 Å². The lowest BCUT2D eigenvalue weighted by molar-refractivity contribution is -0.274. The van der Waals surface area contributed by atoms with E-state index in [1.807, 2.05) is 0 Å². The minimum Gasteiger partial charge on any atom is -0.406 e. The molecule has 0 heterocycles. The molecular formula is C9H6ClF5O. The van der Waals surface area contributed by atoms with Crippen molar-refractivity contribution in [2.45, 2.75) is 18.7 Å². The topological polar surface area (TPSA) is 9.23 Å². The van der Waals surface area contributed by atoms with E-state index in [0.717, 1.165) is 12.1 Å². The van der Waals surface area contributed by atoms with Gasteiger partial charge in [-0.25, -0.2) is 8.78 Å². The van der Waals surface area contributed by atoms with Crippen molar-refractivity contribution in [3.8, 4) is 5.75 Å². The fraction of sp³-hybridized carbons (Fsp3) is 0.333. The SMILES string of the molecule is FC(F)c1cc(CCl)cc(OC(F)(F)F)c1. The number of alkyl halides is 6. The zero-order chi connectivity index (χ0) is 12.3. The highest BCUT2D eigenvalue weighted by Crippen LogP contribution is 2.29. The van der Waals surface area contributed by atoms with E-state index in [9.17, 15) is 22.0 Å². The summed E-state index contributed by atoms with van der Waals surface area (Å²) in [7, 11) is 0. The zero-order valence-corrected chi connectivity index (χ0v) is 8.45. The highest BCUT2D eigenvalue weighted by Gasteiger charge is 2.31. The molecule has 0 aliphatic carbocycles. The Balaban J connectivity index is 3.04. The molecule has 0 bridgehead atoms. The maximum Gasteiger partial charge on any atom is 0.573 e. The Morgan fingerprint density at radius 2 is 1.81 bits per heavy atom. The molecule has 0 unspecified atom stereocenters. The summed E-state index contributed by atoms with van der Waals surface area (Å²) in [6, 6.07) is 2.63. The largest absolute Gasteiger partial charge is 0.573 e. The van der Waals surface area contributed by atoms with E-state index < -0.39 is 24.1 Å². The summed E-state index contributed by atoms with van der Waals surface area (Å²) < 4.78 is 63.8. The monoisotopic (exact) mass is 260 g/mol. The van der Waals surface area contributed by atoms with Crippen molar-refractivity contribution in [3.63, 3.8) is 0 Å². The van der Waals surface area contributed by atoms with Gasteiger partial charge in [0.1, 0.15) is 5.75 Å². The first-order valence-corrected chi connectivity index (χ1v) is 4.59. The van der Waals surface area contributed by atoms with Crippen LogP contribution in [0.3, 0.4) is 0 Å². The summed E-state index contributed by atoms with van der Waals surface area (Å²) in [5.41, 5.74) is -0.420. The van der Waals surface area contributed by atoms with Crippen LogP contribution >= 0.6 is 11.6 Å². The number of rotatable bonds is 3. The van der Waals surface area contributed by atoms with Crippen LogP contribution in [0.4, 0.5) is 22.0 Å². The molecule has 0 atom stereocenters. The van der Waals surface area contributed by atoms with E-state index in [2.05, 4.69) is 4.74 Å². The Hall–Kier alpha value is -1.04. The van der Waals surface area contributed by atoms with Crippen LogP contribution in [-0.2, 0) is 5.88 Å². The number of ether oxygens (including phenoxy) is 1. The second-order valence-electron chi connectivity index (χ2n) is 2.89. The fourth-order valence-corrected chi connectivity index (χ4v) is 1.24. The first-order valence-electron chi connectivity index (χ1n) is 4.05. The van der Waals surface area contributed by atoms with Crippen LogP contribution in [0.2, 0.25) is 0 Å². The van der Waals surface area contributed by atoms with Crippen molar-refractivity contribution in [1.29, 1.82) is 0 Å². The van der Waals surface area contributed by atoms with Crippen molar-refractivity contribution in [2.24, 2.45) is 0 Å². The van der Waals surface area contributed by atoms with Crippen LogP contribution in [-0.4, -0.2) is 6.36 Å². The average Bonchev–Trinajstić information content (AvgIpc) is 2.14. The first-order chi connectivity index (χ1) is 7.31. The van der Waals surface area contributed by atoms with Gasteiger partial charge in [-0.1, -0.05) is 0 Å². The van der Waals surface area contributed by atoms with Crippen molar-refractivity contribution in [2.75, 3.05) is 0 Å². The minimum absolute atomic E-state index is 0.138. The lowest BCUT2D eigenvalue weighted by atomic mass is 10.1. The second kappa shape index (κ2) is 4.86. The maximum absolute atomic E-state index is 12.3. The molecule has 16 heavy (non-hydrogen) atoms. The van der Waals surface area contributed by atoms with E-state index in [4.69, 9.17) is 11.6 Å². The van der Waals surface area contributed by atoms with Crippen LogP contribution in [0.1, 0.15) is 17.6 Å². The van der Waals surface area contributed by atoms with E-state index in [0.29, 0.717) is 6.07 Å². The standard InChI is InChI=1S/C9H6ClF5O/c10-4-5-1-6(8(11)12)3-7(2-5)16-9(13,14)15/h1-3,8H,4H2. The van der Waals surface area contributed by atoms with Gasteiger partial charge in [-0.05, 0) is 23.8 Å². The third kappa shape index (κ3) is 3.84. The van der Waals surface area contributed by atoms with Crippen molar-refractivity contribution in [1.82, 2.24) is 0 Å².